The van der Waals surface area contributed by atoms with E-state index < -0.39 is 18.2 Å². The number of carboxylic acid groups (broad SMARTS) is 1. The number of carbonyl (C=O) groups excluding carboxylic acids is 1. The Bertz CT molecular complexity index is 787. The molecule has 23 heavy (non-hydrogen) atoms. The van der Waals surface area contributed by atoms with E-state index in [-0.39, 0.29) is 0 Å². The lowest BCUT2D eigenvalue weighted by atomic mass is 10.0. The molecule has 2 N–H and O–H groups in total. The van der Waals surface area contributed by atoms with Gasteiger partial charge in [-0.15, -0.1) is 0 Å². The van der Waals surface area contributed by atoms with Gasteiger partial charge in [0, 0.05) is 18.2 Å². The molecule has 0 radical (unpaired) electrons. The molecule has 2 aromatic rings. The molecule has 6 nitrogen and oxygen atoms in total. The number of hydrogen-bond donors (Lipinski definition) is 2. The van der Waals surface area contributed by atoms with E-state index in [0.29, 0.717) is 11.4 Å². The molecule has 116 valence electrons. The van der Waals surface area contributed by atoms with Crippen molar-refractivity contribution in [2.24, 2.45) is 4.99 Å². The Kier molecular flexibility index (Phi) is 3.80. The number of para-hydroxylation sites is 1. The van der Waals surface area contributed by atoms with Gasteiger partial charge in [-0.3, -0.25) is 10.1 Å². The fourth-order valence-electron chi connectivity index (χ4n) is 2.56. The number of nitrogens with zero attached hydrogens (tertiary/aromatic N) is 2. The Morgan fingerprint density at radius 3 is 2.48 bits per heavy atom. The maximum atomic E-state index is 12.5. The van der Waals surface area contributed by atoms with Crippen LogP contribution in [0.15, 0.2) is 59.6 Å². The Labute approximate surface area is 133 Å². The van der Waals surface area contributed by atoms with E-state index >= 15 is 0 Å². The maximum Gasteiger partial charge on any atom is 0.406 e. The van der Waals surface area contributed by atoms with Crippen molar-refractivity contribution in [2.75, 3.05) is 11.9 Å². The molecule has 0 fully saturated rings. The van der Waals surface area contributed by atoms with E-state index in [1.807, 2.05) is 54.6 Å². The summed E-state index contributed by atoms with van der Waals surface area (Å²) in [5, 5.41) is 11.2. The number of hydrogen-bond acceptors (Lipinski definition) is 3. The van der Waals surface area contributed by atoms with Gasteiger partial charge in [-0.2, -0.15) is 0 Å². The minimum Gasteiger partial charge on any atom is -0.465 e. The van der Waals surface area contributed by atoms with Crippen LogP contribution in [0.1, 0.15) is 11.1 Å². The lowest BCUT2D eigenvalue weighted by Gasteiger charge is -2.20. The quantitative estimate of drug-likeness (QED) is 0.891. The molecule has 0 aliphatic carbocycles. The minimum absolute atomic E-state index is 0.425. The van der Waals surface area contributed by atoms with Gasteiger partial charge >= 0.3 is 6.09 Å². The van der Waals surface area contributed by atoms with Crippen LogP contribution in [0.2, 0.25) is 0 Å². The highest BCUT2D eigenvalue weighted by atomic mass is 16.4. The fraction of sp³-hybridized carbons (Fsp3) is 0.118. The molecule has 3 rings (SSSR count). The van der Waals surface area contributed by atoms with Crippen molar-refractivity contribution >= 4 is 23.4 Å². The number of likely N-dealkylation sites (N-methyl/N-ethyl adjacent to an activating group) is 1. The van der Waals surface area contributed by atoms with Crippen molar-refractivity contribution in [1.29, 1.82) is 0 Å². The highest BCUT2D eigenvalue weighted by molar-refractivity contribution is 6.20. The predicted octanol–water partition coefficient (Wildman–Crippen LogP) is 2.09. The number of benzene rings is 2. The monoisotopic (exact) mass is 309 g/mol. The summed E-state index contributed by atoms with van der Waals surface area (Å²) in [7, 11) is 1.61. The third-order valence-electron chi connectivity index (χ3n) is 3.65. The molecular weight excluding hydrogens is 294 g/mol. The van der Waals surface area contributed by atoms with Crippen molar-refractivity contribution in [1.82, 2.24) is 5.32 Å². The number of nitrogens with one attached hydrogen (secondary N) is 1. The van der Waals surface area contributed by atoms with Gasteiger partial charge < -0.3 is 10.0 Å². The molecule has 0 bridgehead atoms. The first-order valence-electron chi connectivity index (χ1n) is 7.07. The van der Waals surface area contributed by atoms with Crippen molar-refractivity contribution in [3.63, 3.8) is 0 Å². The summed E-state index contributed by atoms with van der Waals surface area (Å²) < 4.78 is 0. The van der Waals surface area contributed by atoms with Crippen molar-refractivity contribution < 1.29 is 14.7 Å². The van der Waals surface area contributed by atoms with Crippen LogP contribution in [0.5, 0.6) is 0 Å². The zero-order chi connectivity index (χ0) is 16.4. The molecule has 1 heterocycles. The largest absolute Gasteiger partial charge is 0.465 e. The van der Waals surface area contributed by atoms with Crippen LogP contribution in [0.3, 0.4) is 0 Å². The van der Waals surface area contributed by atoms with Gasteiger partial charge in [0.2, 0.25) is 6.17 Å². The van der Waals surface area contributed by atoms with Crippen molar-refractivity contribution in [3.05, 3.63) is 65.7 Å². The number of aliphatic imine (C=N–C) groups is 1. The zero-order valence-corrected chi connectivity index (χ0v) is 12.4. The van der Waals surface area contributed by atoms with Crippen LogP contribution in [-0.4, -0.2) is 36.0 Å². The Morgan fingerprint density at radius 1 is 1.13 bits per heavy atom. The Hall–Kier alpha value is -3.15. The van der Waals surface area contributed by atoms with Crippen molar-refractivity contribution in [3.8, 4) is 0 Å². The second kappa shape index (κ2) is 5.92. The van der Waals surface area contributed by atoms with Gasteiger partial charge in [0.15, 0.2) is 0 Å². The number of rotatable bonds is 2. The second-order valence-corrected chi connectivity index (χ2v) is 5.11. The summed E-state index contributed by atoms with van der Waals surface area (Å²) in [6.07, 6.45) is -2.47. The molecule has 1 unspecified atom stereocenters. The van der Waals surface area contributed by atoms with Crippen LogP contribution in [0.4, 0.5) is 10.5 Å². The number of benzodiazepines with no additional fused rings is 1. The number of amides is 2. The highest BCUT2D eigenvalue weighted by Crippen LogP contribution is 2.26. The molecule has 0 aromatic heterocycles. The van der Waals surface area contributed by atoms with E-state index in [0.717, 1.165) is 11.1 Å². The van der Waals surface area contributed by atoms with Crippen LogP contribution in [-0.2, 0) is 4.79 Å². The van der Waals surface area contributed by atoms with Gasteiger partial charge in [0.1, 0.15) is 0 Å². The minimum atomic E-state index is -1.29. The number of fused-ring (bicyclic) bond motifs is 1. The molecule has 1 atom stereocenters. The fourth-order valence-corrected chi connectivity index (χ4v) is 2.56. The normalized spacial score (nSPS) is 17.1. The van der Waals surface area contributed by atoms with E-state index in [4.69, 9.17) is 5.11 Å². The predicted molar refractivity (Wildman–Crippen MR) is 86.9 cm³/mol. The van der Waals surface area contributed by atoms with Gasteiger partial charge in [-0.25, -0.2) is 9.79 Å². The smallest absolute Gasteiger partial charge is 0.406 e. The van der Waals surface area contributed by atoms with E-state index in [9.17, 15) is 9.59 Å². The molecule has 1 aliphatic heterocycles. The van der Waals surface area contributed by atoms with Crippen molar-refractivity contribution in [2.45, 2.75) is 6.17 Å². The van der Waals surface area contributed by atoms with Gasteiger partial charge in [-0.05, 0) is 6.07 Å². The number of carbonyl (C=O) groups is 2. The Balaban J connectivity index is 2.20. The highest BCUT2D eigenvalue weighted by Gasteiger charge is 2.30. The topological polar surface area (TPSA) is 82.0 Å². The first-order chi connectivity index (χ1) is 11.1. The van der Waals surface area contributed by atoms with E-state index in [2.05, 4.69) is 10.3 Å². The first-order valence-corrected chi connectivity index (χ1v) is 7.07. The Morgan fingerprint density at radius 2 is 1.78 bits per heavy atom. The summed E-state index contributed by atoms with van der Waals surface area (Å²) in [6.45, 7) is 0. The standard InChI is InChI=1S/C17H15N3O3/c1-20-13-10-6-5-9-12(13)14(11-7-3-2-4-8-11)18-15(16(20)21)19-17(22)23/h2-10,15,19H,1H3,(H,22,23). The summed E-state index contributed by atoms with van der Waals surface area (Å²) in [4.78, 5) is 29.3. The lowest BCUT2D eigenvalue weighted by molar-refractivity contribution is -0.120. The SMILES string of the molecule is CN1C(=O)C(NC(=O)O)N=C(c2ccccc2)c2ccccc21. The average Bonchev–Trinajstić information content (AvgIpc) is 2.66. The molecule has 1 aliphatic rings. The van der Waals surface area contributed by atoms with Crippen LogP contribution >= 0.6 is 0 Å². The summed E-state index contributed by atoms with van der Waals surface area (Å²) in [6, 6.07) is 16.8. The van der Waals surface area contributed by atoms with E-state index in [1.54, 1.807) is 7.05 Å². The summed E-state index contributed by atoms with van der Waals surface area (Å²) in [5.74, 6) is -0.425. The van der Waals surface area contributed by atoms with Crippen LogP contribution in [0.25, 0.3) is 0 Å². The third-order valence-corrected chi connectivity index (χ3v) is 3.65. The maximum absolute atomic E-state index is 12.5. The van der Waals surface area contributed by atoms with Gasteiger partial charge in [0.05, 0.1) is 11.4 Å². The first kappa shape index (κ1) is 14.8. The van der Waals surface area contributed by atoms with E-state index in [1.165, 1.54) is 4.90 Å². The second-order valence-electron chi connectivity index (χ2n) is 5.11. The van der Waals surface area contributed by atoms with Gasteiger partial charge in [-0.1, -0.05) is 48.5 Å². The molecule has 6 heteroatoms. The summed E-state index contributed by atoms with van der Waals surface area (Å²) in [5.41, 5.74) is 2.87. The molecule has 0 saturated carbocycles. The molecule has 2 amide bonds. The third kappa shape index (κ3) is 2.78. The molecule has 2 aromatic carbocycles. The molecule has 0 saturated heterocycles. The van der Waals surface area contributed by atoms with Gasteiger partial charge in [0.25, 0.3) is 5.91 Å². The molecule has 0 spiro atoms. The molecular formula is C17H15N3O3. The average molecular weight is 309 g/mol. The zero-order valence-electron chi connectivity index (χ0n) is 12.4. The lowest BCUT2D eigenvalue weighted by Crippen LogP contribution is -2.45. The summed E-state index contributed by atoms with van der Waals surface area (Å²) >= 11 is 0. The number of anilines is 1. The van der Waals surface area contributed by atoms with Crippen LogP contribution in [0, 0.1) is 0 Å². The van der Waals surface area contributed by atoms with Crippen LogP contribution < -0.4 is 10.2 Å².